The van der Waals surface area contributed by atoms with Crippen molar-refractivity contribution in [2.75, 3.05) is 19.5 Å². The molecular formula is C14H15N5O5S. The molecule has 1 aromatic carbocycles. The number of methoxy groups -OCH3 is 1. The number of ether oxygens (including phenoxy) is 2. The summed E-state index contributed by atoms with van der Waals surface area (Å²) in [5, 5.41) is -0.566. The summed E-state index contributed by atoms with van der Waals surface area (Å²) in [7, 11) is -3.02. The van der Waals surface area contributed by atoms with Gasteiger partial charge in [-0.05, 0) is 12.1 Å². The summed E-state index contributed by atoms with van der Waals surface area (Å²) in [6, 6.07) is 6.96. The lowest BCUT2D eigenvalue weighted by molar-refractivity contribution is 0.292. The molecule has 0 saturated carbocycles. The van der Waals surface area contributed by atoms with Gasteiger partial charge in [0.05, 0.1) is 13.7 Å². The third kappa shape index (κ3) is 3.46. The van der Waals surface area contributed by atoms with E-state index in [1.165, 1.54) is 10.9 Å². The Kier molecular flexibility index (Phi) is 4.42. The van der Waals surface area contributed by atoms with Crippen molar-refractivity contribution in [3.63, 3.8) is 0 Å². The average molecular weight is 365 g/mol. The van der Waals surface area contributed by atoms with Crippen LogP contribution in [-0.4, -0.2) is 46.2 Å². The summed E-state index contributed by atoms with van der Waals surface area (Å²) in [6.07, 6.45) is 1.19. The van der Waals surface area contributed by atoms with Crippen molar-refractivity contribution in [1.82, 2.24) is 19.5 Å². The molecule has 0 unspecified atom stereocenters. The van der Waals surface area contributed by atoms with E-state index in [9.17, 15) is 13.0 Å². The van der Waals surface area contributed by atoms with Gasteiger partial charge >= 0.3 is 10.1 Å². The second-order valence-corrected chi connectivity index (χ2v) is 6.29. The summed E-state index contributed by atoms with van der Waals surface area (Å²) >= 11 is 0. The molecule has 132 valence electrons. The van der Waals surface area contributed by atoms with E-state index in [1.807, 2.05) is 0 Å². The monoisotopic (exact) mass is 365 g/mol. The molecule has 11 heteroatoms. The van der Waals surface area contributed by atoms with Crippen molar-refractivity contribution in [2.45, 2.75) is 11.7 Å². The molecule has 3 aromatic rings. The number of fused-ring (bicyclic) bond motifs is 1. The first-order chi connectivity index (χ1) is 11.9. The van der Waals surface area contributed by atoms with Crippen LogP contribution in [0.3, 0.4) is 0 Å². The summed E-state index contributed by atoms with van der Waals surface area (Å²) in [5.74, 6) is 1.19. The van der Waals surface area contributed by atoms with E-state index in [0.29, 0.717) is 11.5 Å². The molecule has 0 atom stereocenters. The van der Waals surface area contributed by atoms with Crippen molar-refractivity contribution in [2.24, 2.45) is 0 Å². The maximum absolute atomic E-state index is 11.6. The van der Waals surface area contributed by atoms with Gasteiger partial charge < -0.3 is 15.2 Å². The van der Waals surface area contributed by atoms with Crippen LogP contribution in [0.2, 0.25) is 0 Å². The highest BCUT2D eigenvalue weighted by molar-refractivity contribution is 7.85. The molecule has 10 nitrogen and oxygen atoms in total. The number of rotatable bonds is 6. The zero-order chi connectivity index (χ0) is 18.0. The molecule has 0 aliphatic heterocycles. The molecule has 3 rings (SSSR count). The maximum atomic E-state index is 11.6. The topological polar surface area (TPSA) is 142 Å². The van der Waals surface area contributed by atoms with Gasteiger partial charge in [-0.3, -0.25) is 9.12 Å². The largest absolute Gasteiger partial charge is 0.497 e. The first kappa shape index (κ1) is 16.9. The van der Waals surface area contributed by atoms with Gasteiger partial charge in [-0.15, -0.1) is 0 Å². The lowest BCUT2D eigenvalue weighted by Gasteiger charge is -2.10. The molecule has 0 aliphatic rings. The predicted molar refractivity (Wildman–Crippen MR) is 88.0 cm³/mol. The van der Waals surface area contributed by atoms with Crippen LogP contribution in [0.4, 0.5) is 5.82 Å². The number of hydrogen-bond donors (Lipinski definition) is 2. The summed E-state index contributed by atoms with van der Waals surface area (Å²) in [4.78, 5) is 11.6. The fraction of sp³-hybridized carbons (Fsp3) is 0.214. The van der Waals surface area contributed by atoms with E-state index in [0.717, 1.165) is 0 Å². The van der Waals surface area contributed by atoms with Crippen molar-refractivity contribution in [3.8, 4) is 11.5 Å². The number of anilines is 1. The molecule has 0 radical (unpaired) electrons. The molecule has 3 N–H and O–H groups in total. The van der Waals surface area contributed by atoms with E-state index in [2.05, 4.69) is 15.0 Å². The van der Waals surface area contributed by atoms with Gasteiger partial charge in [-0.2, -0.15) is 8.42 Å². The zero-order valence-corrected chi connectivity index (χ0v) is 14.0. The summed E-state index contributed by atoms with van der Waals surface area (Å²) < 4.78 is 44.4. The van der Waals surface area contributed by atoms with Crippen LogP contribution in [0.25, 0.3) is 11.2 Å². The Morgan fingerprint density at radius 3 is 2.76 bits per heavy atom. The molecular weight excluding hydrogens is 350 g/mol. The molecule has 25 heavy (non-hydrogen) atoms. The Bertz CT molecular complexity index is 1020. The van der Waals surface area contributed by atoms with Crippen molar-refractivity contribution in [1.29, 1.82) is 0 Å². The van der Waals surface area contributed by atoms with Crippen molar-refractivity contribution in [3.05, 3.63) is 30.6 Å². The highest BCUT2D eigenvalue weighted by Crippen LogP contribution is 2.22. The minimum Gasteiger partial charge on any atom is -0.497 e. The second kappa shape index (κ2) is 6.53. The van der Waals surface area contributed by atoms with Crippen LogP contribution in [0, 0.1) is 0 Å². The first-order valence-electron chi connectivity index (χ1n) is 7.11. The molecule has 0 fully saturated rings. The quantitative estimate of drug-likeness (QED) is 0.605. The minimum absolute atomic E-state index is 0.0161. The standard InChI is InChI=1S/C14H15N5O5S/c1-23-9-3-2-4-10(7-9)24-6-5-19-13-11(12(15)16-8-17-13)18-14(19)25(20,21)22/h2-4,7-8H,5-6H2,1H3,(H2,15,16,17)(H,20,21,22). The van der Waals surface area contributed by atoms with Gasteiger partial charge in [0, 0.05) is 6.07 Å². The first-order valence-corrected chi connectivity index (χ1v) is 8.55. The van der Waals surface area contributed by atoms with Crippen LogP contribution in [-0.2, 0) is 16.7 Å². The maximum Gasteiger partial charge on any atom is 0.328 e. The molecule has 2 aromatic heterocycles. The van der Waals surface area contributed by atoms with Gasteiger partial charge in [0.1, 0.15) is 24.4 Å². The molecule has 0 bridgehead atoms. The van der Waals surface area contributed by atoms with E-state index < -0.39 is 15.3 Å². The number of nitrogen functional groups attached to an aromatic ring is 1. The highest BCUT2D eigenvalue weighted by atomic mass is 32.2. The summed E-state index contributed by atoms with van der Waals surface area (Å²) in [5.41, 5.74) is 5.97. The smallest absolute Gasteiger partial charge is 0.328 e. The van der Waals surface area contributed by atoms with Crippen LogP contribution in [0.15, 0.2) is 35.7 Å². The fourth-order valence-corrected chi connectivity index (χ4v) is 2.94. The van der Waals surface area contributed by atoms with Crippen LogP contribution in [0.5, 0.6) is 11.5 Å². The molecule has 0 aliphatic carbocycles. The second-order valence-electron chi connectivity index (χ2n) is 4.98. The molecule has 0 spiro atoms. The van der Waals surface area contributed by atoms with Gasteiger partial charge in [-0.1, -0.05) is 6.07 Å². The van der Waals surface area contributed by atoms with Crippen LogP contribution < -0.4 is 15.2 Å². The average Bonchev–Trinajstić information content (AvgIpc) is 2.96. The minimum atomic E-state index is -4.56. The van der Waals surface area contributed by atoms with Crippen molar-refractivity contribution >= 4 is 27.1 Å². The Labute approximate surface area is 143 Å². The number of hydrogen-bond acceptors (Lipinski definition) is 8. The summed E-state index contributed by atoms with van der Waals surface area (Å²) in [6.45, 7) is 0.171. The van der Waals surface area contributed by atoms with E-state index >= 15 is 0 Å². The van der Waals surface area contributed by atoms with Crippen LogP contribution >= 0.6 is 0 Å². The van der Waals surface area contributed by atoms with Gasteiger partial charge in [-0.25, -0.2) is 15.0 Å². The predicted octanol–water partition coefficient (Wildman–Crippen LogP) is 0.743. The Hall–Kier alpha value is -2.92. The highest BCUT2D eigenvalue weighted by Gasteiger charge is 2.23. The number of nitrogens with zero attached hydrogens (tertiary/aromatic N) is 4. The van der Waals surface area contributed by atoms with Crippen LogP contribution in [0.1, 0.15) is 0 Å². The van der Waals surface area contributed by atoms with Gasteiger partial charge in [0.25, 0.3) is 5.16 Å². The molecule has 0 saturated heterocycles. The van der Waals surface area contributed by atoms with E-state index in [4.69, 9.17) is 15.2 Å². The van der Waals surface area contributed by atoms with Gasteiger partial charge in [0.15, 0.2) is 17.0 Å². The van der Waals surface area contributed by atoms with E-state index in [-0.39, 0.29) is 30.1 Å². The zero-order valence-electron chi connectivity index (χ0n) is 13.2. The SMILES string of the molecule is COc1cccc(OCCn2c(S(=O)(=O)O)nc3c(N)ncnc32)c1. The van der Waals surface area contributed by atoms with Gasteiger partial charge in [0.2, 0.25) is 0 Å². The number of benzene rings is 1. The molecule has 0 amide bonds. The number of aromatic nitrogens is 4. The number of imidazole rings is 1. The van der Waals surface area contributed by atoms with Crippen molar-refractivity contribution < 1.29 is 22.4 Å². The Morgan fingerprint density at radius 1 is 1.28 bits per heavy atom. The fourth-order valence-electron chi connectivity index (χ4n) is 2.28. The normalized spacial score (nSPS) is 11.6. The Morgan fingerprint density at radius 2 is 2.04 bits per heavy atom. The lowest BCUT2D eigenvalue weighted by atomic mass is 10.3. The number of nitrogens with two attached hydrogens (primary N) is 1. The third-order valence-corrected chi connectivity index (χ3v) is 4.15. The Balaban J connectivity index is 1.88. The molecule has 2 heterocycles. The van der Waals surface area contributed by atoms with E-state index in [1.54, 1.807) is 31.4 Å². The third-order valence-electron chi connectivity index (χ3n) is 3.38. The lowest BCUT2D eigenvalue weighted by Crippen LogP contribution is -2.15.